The molecule has 0 saturated carbocycles. The summed E-state index contributed by atoms with van der Waals surface area (Å²) in [5.41, 5.74) is 4.75. The minimum atomic E-state index is -0.618. The molecule has 0 aliphatic carbocycles. The molecule has 2 aliphatic heterocycles. The number of fused-ring (bicyclic) bond motifs is 1. The molecule has 0 aromatic heterocycles. The molecule has 1 atom stereocenters. The Morgan fingerprint density at radius 3 is 2.44 bits per heavy atom. The highest BCUT2D eigenvalue weighted by atomic mass is 35.5. The van der Waals surface area contributed by atoms with Crippen molar-refractivity contribution in [3.63, 3.8) is 0 Å². The molecule has 2 amide bonds. The van der Waals surface area contributed by atoms with Crippen LogP contribution in [0.15, 0.2) is 42.5 Å². The van der Waals surface area contributed by atoms with E-state index in [2.05, 4.69) is 45.7 Å². The largest absolute Gasteiger partial charge is 0.374 e. The lowest BCUT2D eigenvalue weighted by atomic mass is 9.98. The van der Waals surface area contributed by atoms with Gasteiger partial charge in [-0.2, -0.15) is 0 Å². The number of piperidine rings is 1. The van der Waals surface area contributed by atoms with Crippen LogP contribution in [0.2, 0.25) is 5.02 Å². The van der Waals surface area contributed by atoms with Gasteiger partial charge < -0.3 is 15.5 Å². The Kier molecular flexibility index (Phi) is 7.33. The lowest BCUT2D eigenvalue weighted by Gasteiger charge is -2.35. The van der Waals surface area contributed by atoms with Crippen LogP contribution in [0.5, 0.6) is 0 Å². The number of nitrogens with one attached hydrogen (secondary N) is 2. The van der Waals surface area contributed by atoms with Crippen molar-refractivity contribution in [1.29, 1.82) is 0 Å². The van der Waals surface area contributed by atoms with E-state index in [1.165, 1.54) is 36.1 Å². The van der Waals surface area contributed by atoms with Crippen LogP contribution in [0, 0.1) is 0 Å². The quantitative estimate of drug-likeness (QED) is 0.657. The summed E-state index contributed by atoms with van der Waals surface area (Å²) in [6, 6.07) is 13.9. The van der Waals surface area contributed by atoms with E-state index in [9.17, 15) is 9.59 Å². The van der Waals surface area contributed by atoms with Crippen LogP contribution in [-0.2, 0) is 22.6 Å². The van der Waals surface area contributed by atoms with E-state index in [0.717, 1.165) is 31.6 Å². The molecule has 2 N–H and O–H groups in total. The maximum atomic E-state index is 12.5. The third-order valence-electron chi connectivity index (χ3n) is 6.48. The second-order valence-electron chi connectivity index (χ2n) is 8.69. The number of nitrogens with zero attached hydrogens (tertiary/aromatic N) is 2. The molecule has 2 heterocycles. The second kappa shape index (κ2) is 10.4. The maximum Gasteiger partial charge on any atom is 0.309 e. The van der Waals surface area contributed by atoms with Crippen molar-refractivity contribution in [3.8, 4) is 0 Å². The molecule has 2 aromatic carbocycles. The molecule has 0 bridgehead atoms. The van der Waals surface area contributed by atoms with Gasteiger partial charge in [0, 0.05) is 37.4 Å². The van der Waals surface area contributed by atoms with Crippen molar-refractivity contribution in [3.05, 3.63) is 64.2 Å². The van der Waals surface area contributed by atoms with Crippen molar-refractivity contribution in [1.82, 2.24) is 15.5 Å². The molecule has 1 saturated heterocycles. The molecule has 6 nitrogen and oxygen atoms in total. The van der Waals surface area contributed by atoms with Gasteiger partial charge in [-0.3, -0.25) is 14.5 Å². The Morgan fingerprint density at radius 2 is 1.69 bits per heavy atom. The topological polar surface area (TPSA) is 64.7 Å². The lowest BCUT2D eigenvalue weighted by Crippen LogP contribution is -2.45. The van der Waals surface area contributed by atoms with Crippen LogP contribution in [0.4, 0.5) is 5.69 Å². The van der Waals surface area contributed by atoms with Gasteiger partial charge in [-0.25, -0.2) is 0 Å². The number of anilines is 1. The summed E-state index contributed by atoms with van der Waals surface area (Å²) in [7, 11) is 2.12. The third kappa shape index (κ3) is 5.43. The van der Waals surface area contributed by atoms with Gasteiger partial charge in [-0.1, -0.05) is 42.3 Å². The predicted octanol–water partition coefficient (Wildman–Crippen LogP) is 3.29. The molecule has 170 valence electrons. The molecule has 32 heavy (non-hydrogen) atoms. The van der Waals surface area contributed by atoms with Crippen molar-refractivity contribution >= 4 is 29.1 Å². The smallest absolute Gasteiger partial charge is 0.309 e. The van der Waals surface area contributed by atoms with Crippen molar-refractivity contribution in [2.75, 3.05) is 38.1 Å². The average Bonchev–Trinajstić information content (AvgIpc) is 3.19. The number of hydrogen-bond donors (Lipinski definition) is 2. The molecule has 4 rings (SSSR count). The van der Waals surface area contributed by atoms with Crippen LogP contribution in [-0.4, -0.2) is 49.9 Å². The minimum absolute atomic E-state index is 0.0690. The van der Waals surface area contributed by atoms with Gasteiger partial charge in [-0.05, 0) is 67.2 Å². The number of halogens is 1. The number of carbonyl (C=O) groups excluding carboxylic acids is 2. The van der Waals surface area contributed by atoms with Crippen LogP contribution in [0.1, 0.15) is 42.0 Å². The fourth-order valence-electron chi connectivity index (χ4n) is 4.62. The van der Waals surface area contributed by atoms with E-state index in [1.54, 1.807) is 12.1 Å². The van der Waals surface area contributed by atoms with Gasteiger partial charge in [0.2, 0.25) is 0 Å². The third-order valence-corrected chi connectivity index (χ3v) is 6.73. The molecule has 0 unspecified atom stereocenters. The first-order valence-corrected chi connectivity index (χ1v) is 11.8. The first-order valence-electron chi connectivity index (χ1n) is 11.4. The van der Waals surface area contributed by atoms with Crippen molar-refractivity contribution in [2.45, 2.75) is 38.3 Å². The summed E-state index contributed by atoms with van der Waals surface area (Å²) in [6.07, 6.45) is 4.63. The first-order chi connectivity index (χ1) is 15.5. The Labute approximate surface area is 194 Å². The highest BCUT2D eigenvalue weighted by molar-refractivity contribution is 6.35. The van der Waals surface area contributed by atoms with E-state index < -0.39 is 11.8 Å². The highest BCUT2D eigenvalue weighted by Gasteiger charge is 2.26. The monoisotopic (exact) mass is 454 g/mol. The van der Waals surface area contributed by atoms with Crippen LogP contribution < -0.4 is 15.5 Å². The van der Waals surface area contributed by atoms with E-state index in [4.69, 9.17) is 11.6 Å². The number of rotatable bonds is 6. The Morgan fingerprint density at radius 1 is 0.969 bits per heavy atom. The molecule has 0 spiro atoms. The average molecular weight is 455 g/mol. The SMILES string of the molecule is CN1CCc2cc([C@@H](CNC(=O)C(=O)NCc3ccc(Cl)cc3)N3CCCCC3)ccc21. The van der Waals surface area contributed by atoms with Crippen LogP contribution in [0.25, 0.3) is 0 Å². The van der Waals surface area contributed by atoms with Gasteiger partial charge >= 0.3 is 11.8 Å². The van der Waals surface area contributed by atoms with Gasteiger partial charge in [0.05, 0.1) is 6.04 Å². The summed E-state index contributed by atoms with van der Waals surface area (Å²) < 4.78 is 0. The summed E-state index contributed by atoms with van der Waals surface area (Å²) in [6.45, 7) is 3.78. The fourth-order valence-corrected chi connectivity index (χ4v) is 4.74. The maximum absolute atomic E-state index is 12.5. The zero-order valence-electron chi connectivity index (χ0n) is 18.6. The number of amides is 2. The van der Waals surface area contributed by atoms with Crippen molar-refractivity contribution < 1.29 is 9.59 Å². The zero-order chi connectivity index (χ0) is 22.5. The van der Waals surface area contributed by atoms with Crippen molar-refractivity contribution in [2.24, 2.45) is 0 Å². The van der Waals surface area contributed by atoms with Crippen LogP contribution >= 0.6 is 11.6 Å². The van der Waals surface area contributed by atoms with Gasteiger partial charge in [-0.15, -0.1) is 0 Å². The van der Waals surface area contributed by atoms with Gasteiger partial charge in [0.15, 0.2) is 0 Å². The normalized spacial score (nSPS) is 17.0. The lowest BCUT2D eigenvalue weighted by molar-refractivity contribution is -0.139. The number of carbonyl (C=O) groups is 2. The fraction of sp³-hybridized carbons (Fsp3) is 0.440. The minimum Gasteiger partial charge on any atom is -0.374 e. The van der Waals surface area contributed by atoms with E-state index in [-0.39, 0.29) is 12.6 Å². The molecular formula is C25H31ClN4O2. The molecule has 2 aromatic rings. The molecule has 1 fully saturated rings. The highest BCUT2D eigenvalue weighted by Crippen LogP contribution is 2.32. The Bertz CT molecular complexity index is 957. The summed E-state index contributed by atoms with van der Waals surface area (Å²) in [4.78, 5) is 29.5. The predicted molar refractivity (Wildman–Crippen MR) is 128 cm³/mol. The second-order valence-corrected chi connectivity index (χ2v) is 9.13. The van der Waals surface area contributed by atoms with Crippen LogP contribution in [0.3, 0.4) is 0 Å². The number of likely N-dealkylation sites (N-methyl/N-ethyl adjacent to an activating group) is 1. The zero-order valence-corrected chi connectivity index (χ0v) is 19.3. The molecular weight excluding hydrogens is 424 g/mol. The van der Waals surface area contributed by atoms with Gasteiger partial charge in [0.25, 0.3) is 0 Å². The molecule has 0 radical (unpaired) electrons. The van der Waals surface area contributed by atoms with E-state index >= 15 is 0 Å². The summed E-state index contributed by atoms with van der Waals surface area (Å²) in [5.74, 6) is -1.21. The Hall–Kier alpha value is -2.57. The molecule has 7 heteroatoms. The Balaban J connectivity index is 1.39. The number of likely N-dealkylation sites (tertiary alicyclic amines) is 1. The molecule has 2 aliphatic rings. The first kappa shape index (κ1) is 22.6. The van der Waals surface area contributed by atoms with E-state index in [1.807, 2.05) is 12.1 Å². The standard InChI is InChI=1S/C25H31ClN4O2/c1-29-14-11-20-15-19(7-10-22(20)29)23(30-12-3-2-4-13-30)17-28-25(32)24(31)27-16-18-5-8-21(26)9-6-18/h5-10,15,23H,2-4,11-14,16-17H2,1H3,(H,27,31)(H,28,32)/t23-/m1/s1. The van der Waals surface area contributed by atoms with Gasteiger partial charge in [0.1, 0.15) is 0 Å². The summed E-state index contributed by atoms with van der Waals surface area (Å²) >= 11 is 5.89. The number of hydrogen-bond acceptors (Lipinski definition) is 4. The van der Waals surface area contributed by atoms with E-state index in [0.29, 0.717) is 11.6 Å². The number of benzene rings is 2. The summed E-state index contributed by atoms with van der Waals surface area (Å²) in [5, 5.41) is 6.20.